The first-order valence-corrected chi connectivity index (χ1v) is 7.78. The van der Waals surface area contributed by atoms with Crippen molar-refractivity contribution in [2.45, 2.75) is 20.4 Å². The fraction of sp³-hybridized carbons (Fsp3) is 0.222. The van der Waals surface area contributed by atoms with E-state index >= 15 is 0 Å². The maximum atomic E-state index is 5.81. The maximum Gasteiger partial charge on any atom is 0.141 e. The molecule has 0 aliphatic heterocycles. The second-order valence-electron chi connectivity index (χ2n) is 5.71. The number of aromatic nitrogens is 2. The Kier molecular flexibility index (Phi) is 3.94. The Bertz CT molecular complexity index is 835. The van der Waals surface area contributed by atoms with Crippen molar-refractivity contribution >= 4 is 28.2 Å². The average Bonchev–Trinajstić information content (AvgIpc) is 2.86. The summed E-state index contributed by atoms with van der Waals surface area (Å²) < 4.78 is 2.22. The van der Waals surface area contributed by atoms with Gasteiger partial charge in [-0.2, -0.15) is 0 Å². The third-order valence-electron chi connectivity index (χ3n) is 3.87. The van der Waals surface area contributed by atoms with Gasteiger partial charge in [0, 0.05) is 18.0 Å². The first-order chi connectivity index (χ1) is 10.6. The van der Waals surface area contributed by atoms with Gasteiger partial charge in [-0.1, -0.05) is 55.0 Å². The quantitative estimate of drug-likeness (QED) is 0.743. The van der Waals surface area contributed by atoms with Gasteiger partial charge in [0.2, 0.25) is 0 Å². The zero-order valence-corrected chi connectivity index (χ0v) is 13.6. The SMILES string of the molecule is Cc1cccc(-c2nc3ccccc3n2CC(C)C(N)=S)c1. The molecule has 0 spiro atoms. The van der Waals surface area contributed by atoms with Gasteiger partial charge in [0.15, 0.2) is 0 Å². The predicted molar refractivity (Wildman–Crippen MR) is 95.9 cm³/mol. The van der Waals surface area contributed by atoms with E-state index in [1.54, 1.807) is 0 Å². The minimum atomic E-state index is 0.121. The zero-order chi connectivity index (χ0) is 15.7. The number of nitrogens with zero attached hydrogens (tertiary/aromatic N) is 2. The summed E-state index contributed by atoms with van der Waals surface area (Å²) in [7, 11) is 0. The van der Waals surface area contributed by atoms with E-state index in [0.29, 0.717) is 4.99 Å². The van der Waals surface area contributed by atoms with Gasteiger partial charge in [-0.3, -0.25) is 0 Å². The molecule has 2 aromatic carbocycles. The van der Waals surface area contributed by atoms with E-state index in [2.05, 4.69) is 48.7 Å². The summed E-state index contributed by atoms with van der Waals surface area (Å²) in [4.78, 5) is 5.35. The number of hydrogen-bond acceptors (Lipinski definition) is 2. The summed E-state index contributed by atoms with van der Waals surface area (Å²) in [6.45, 7) is 4.88. The van der Waals surface area contributed by atoms with Gasteiger partial charge in [-0.05, 0) is 25.1 Å². The van der Waals surface area contributed by atoms with Crippen LogP contribution < -0.4 is 5.73 Å². The first kappa shape index (κ1) is 14.7. The standard InChI is InChI=1S/C18H19N3S/c1-12-6-5-7-14(10-12)18-20-15-8-3-4-9-16(15)21(18)11-13(2)17(19)22/h3-10,13H,11H2,1-2H3,(H2,19,22). The van der Waals surface area contributed by atoms with Gasteiger partial charge in [0.1, 0.15) is 5.82 Å². The fourth-order valence-electron chi connectivity index (χ4n) is 2.63. The van der Waals surface area contributed by atoms with Crippen LogP contribution in [0, 0.1) is 12.8 Å². The summed E-state index contributed by atoms with van der Waals surface area (Å²) in [6, 6.07) is 16.6. The highest BCUT2D eigenvalue weighted by atomic mass is 32.1. The largest absolute Gasteiger partial charge is 0.393 e. The van der Waals surface area contributed by atoms with Gasteiger partial charge in [-0.15, -0.1) is 0 Å². The summed E-state index contributed by atoms with van der Waals surface area (Å²) in [5.41, 5.74) is 10.3. The molecule has 0 radical (unpaired) electrons. The number of hydrogen-bond donors (Lipinski definition) is 1. The van der Waals surface area contributed by atoms with Crippen LogP contribution >= 0.6 is 12.2 Å². The Balaban J connectivity index is 2.18. The Morgan fingerprint density at radius 1 is 1.23 bits per heavy atom. The molecule has 1 atom stereocenters. The van der Waals surface area contributed by atoms with Crippen molar-refractivity contribution in [1.29, 1.82) is 0 Å². The lowest BCUT2D eigenvalue weighted by molar-refractivity contribution is 0.617. The second-order valence-corrected chi connectivity index (χ2v) is 6.18. The molecule has 3 nitrogen and oxygen atoms in total. The molecule has 0 saturated heterocycles. The topological polar surface area (TPSA) is 43.8 Å². The third kappa shape index (κ3) is 2.74. The van der Waals surface area contributed by atoms with Crippen LogP contribution in [0.1, 0.15) is 12.5 Å². The molecular weight excluding hydrogens is 290 g/mol. The molecule has 0 aliphatic rings. The summed E-state index contributed by atoms with van der Waals surface area (Å²) in [5, 5.41) is 0. The molecule has 0 fully saturated rings. The number of para-hydroxylation sites is 2. The van der Waals surface area contributed by atoms with Crippen LogP contribution in [-0.2, 0) is 6.54 Å². The molecule has 3 rings (SSSR count). The van der Waals surface area contributed by atoms with Crippen LogP contribution in [0.25, 0.3) is 22.4 Å². The van der Waals surface area contributed by atoms with Gasteiger partial charge in [-0.25, -0.2) is 4.98 Å². The number of thiocarbonyl (C=S) groups is 1. The number of benzene rings is 2. The van der Waals surface area contributed by atoms with E-state index < -0.39 is 0 Å². The maximum absolute atomic E-state index is 5.81. The normalized spacial score (nSPS) is 12.5. The van der Waals surface area contributed by atoms with Crippen molar-refractivity contribution in [3.8, 4) is 11.4 Å². The summed E-state index contributed by atoms with van der Waals surface area (Å²) in [6.07, 6.45) is 0. The second kappa shape index (κ2) is 5.89. The Morgan fingerprint density at radius 2 is 2.00 bits per heavy atom. The van der Waals surface area contributed by atoms with Crippen molar-refractivity contribution < 1.29 is 0 Å². The van der Waals surface area contributed by atoms with Crippen LogP contribution in [0.2, 0.25) is 0 Å². The molecule has 1 aromatic heterocycles. The lowest BCUT2D eigenvalue weighted by Crippen LogP contribution is -2.23. The number of nitrogens with two attached hydrogens (primary N) is 1. The number of aryl methyl sites for hydroxylation is 1. The van der Waals surface area contributed by atoms with Gasteiger partial charge in [0.25, 0.3) is 0 Å². The minimum Gasteiger partial charge on any atom is -0.393 e. The highest BCUT2D eigenvalue weighted by Crippen LogP contribution is 2.26. The molecule has 112 valence electrons. The van der Waals surface area contributed by atoms with Crippen LogP contribution in [-0.4, -0.2) is 14.5 Å². The van der Waals surface area contributed by atoms with E-state index in [1.807, 2.05) is 18.2 Å². The lowest BCUT2D eigenvalue weighted by atomic mass is 10.1. The van der Waals surface area contributed by atoms with Crippen LogP contribution in [0.15, 0.2) is 48.5 Å². The number of imidazole rings is 1. The van der Waals surface area contributed by atoms with E-state index in [9.17, 15) is 0 Å². The first-order valence-electron chi connectivity index (χ1n) is 7.38. The molecule has 1 heterocycles. The van der Waals surface area contributed by atoms with Crippen LogP contribution in [0.3, 0.4) is 0 Å². The van der Waals surface area contributed by atoms with Crippen molar-refractivity contribution in [1.82, 2.24) is 9.55 Å². The average molecular weight is 309 g/mol. The van der Waals surface area contributed by atoms with Gasteiger partial charge >= 0.3 is 0 Å². The lowest BCUT2D eigenvalue weighted by Gasteiger charge is -2.14. The highest BCUT2D eigenvalue weighted by molar-refractivity contribution is 7.80. The Hall–Kier alpha value is -2.20. The Morgan fingerprint density at radius 3 is 2.73 bits per heavy atom. The fourth-order valence-corrected chi connectivity index (χ4v) is 2.70. The van der Waals surface area contributed by atoms with Gasteiger partial charge in [0.05, 0.1) is 16.0 Å². The molecule has 0 aliphatic carbocycles. The number of rotatable bonds is 4. The molecule has 3 aromatic rings. The smallest absolute Gasteiger partial charge is 0.141 e. The van der Waals surface area contributed by atoms with Gasteiger partial charge < -0.3 is 10.3 Å². The molecule has 4 heteroatoms. The molecular formula is C18H19N3S. The van der Waals surface area contributed by atoms with Crippen molar-refractivity contribution in [3.63, 3.8) is 0 Å². The summed E-state index contributed by atoms with van der Waals surface area (Å²) >= 11 is 5.14. The molecule has 0 bridgehead atoms. The molecule has 22 heavy (non-hydrogen) atoms. The Labute approximate surface area is 135 Å². The monoisotopic (exact) mass is 309 g/mol. The zero-order valence-electron chi connectivity index (χ0n) is 12.8. The van der Waals surface area contributed by atoms with Crippen molar-refractivity contribution in [2.75, 3.05) is 0 Å². The van der Waals surface area contributed by atoms with E-state index in [-0.39, 0.29) is 5.92 Å². The van der Waals surface area contributed by atoms with Crippen LogP contribution in [0.5, 0.6) is 0 Å². The number of fused-ring (bicyclic) bond motifs is 1. The summed E-state index contributed by atoms with van der Waals surface area (Å²) in [5.74, 6) is 1.09. The van der Waals surface area contributed by atoms with E-state index in [4.69, 9.17) is 22.9 Å². The van der Waals surface area contributed by atoms with Crippen LogP contribution in [0.4, 0.5) is 0 Å². The van der Waals surface area contributed by atoms with Crippen molar-refractivity contribution in [2.24, 2.45) is 11.7 Å². The van der Waals surface area contributed by atoms with E-state index in [0.717, 1.165) is 29.0 Å². The third-order valence-corrected chi connectivity index (χ3v) is 4.28. The van der Waals surface area contributed by atoms with Crippen molar-refractivity contribution in [3.05, 3.63) is 54.1 Å². The minimum absolute atomic E-state index is 0.121. The highest BCUT2D eigenvalue weighted by Gasteiger charge is 2.15. The molecule has 1 unspecified atom stereocenters. The van der Waals surface area contributed by atoms with E-state index in [1.165, 1.54) is 5.56 Å². The molecule has 0 amide bonds. The predicted octanol–water partition coefficient (Wildman–Crippen LogP) is 3.93. The molecule has 2 N–H and O–H groups in total. The molecule has 0 saturated carbocycles.